The molecule has 0 saturated carbocycles. The summed E-state index contributed by atoms with van der Waals surface area (Å²) in [5, 5.41) is 3.72. The van der Waals surface area contributed by atoms with E-state index in [0.717, 1.165) is 10.4 Å². The average Bonchev–Trinajstić information content (AvgIpc) is 2.44. The summed E-state index contributed by atoms with van der Waals surface area (Å²) in [7, 11) is 0. The van der Waals surface area contributed by atoms with E-state index >= 15 is 0 Å². The smallest absolute Gasteiger partial charge is 0.0383 e. The lowest BCUT2D eigenvalue weighted by Crippen LogP contribution is -2.39. The lowest BCUT2D eigenvalue weighted by Gasteiger charge is -2.35. The average molecular weight is 339 g/mol. The maximum absolute atomic E-state index is 3.72. The van der Waals surface area contributed by atoms with Crippen LogP contribution in [0.5, 0.6) is 0 Å². The van der Waals surface area contributed by atoms with E-state index in [4.69, 9.17) is 0 Å². The summed E-state index contributed by atoms with van der Waals surface area (Å²) in [5.74, 6) is 0.793. The van der Waals surface area contributed by atoms with Gasteiger partial charge < -0.3 is 10.2 Å². The van der Waals surface area contributed by atoms with Crippen LogP contribution in [-0.2, 0) is 0 Å². The van der Waals surface area contributed by atoms with E-state index in [2.05, 4.69) is 65.1 Å². The quantitative estimate of drug-likeness (QED) is 0.838. The summed E-state index contributed by atoms with van der Waals surface area (Å²) in [4.78, 5) is 2.60. The molecule has 1 N–H and O–H groups in total. The Morgan fingerprint density at radius 1 is 1.35 bits per heavy atom. The second-order valence-corrected chi connectivity index (χ2v) is 6.99. The number of nitrogens with one attached hydrogen (secondary N) is 1. The molecule has 2 nitrogen and oxygen atoms in total. The molecule has 3 heteroatoms. The maximum Gasteiger partial charge on any atom is 0.0383 e. The Hall–Kier alpha value is -0.540. The Labute approximate surface area is 132 Å². The normalized spacial score (nSPS) is 19.0. The van der Waals surface area contributed by atoms with E-state index in [1.54, 1.807) is 0 Å². The van der Waals surface area contributed by atoms with Gasteiger partial charge in [-0.25, -0.2) is 0 Å². The molecule has 1 aromatic rings. The molecule has 1 heterocycles. The van der Waals surface area contributed by atoms with Crippen molar-refractivity contribution in [1.82, 2.24) is 4.90 Å². The Kier molecular flexibility index (Phi) is 5.91. The van der Waals surface area contributed by atoms with E-state index in [9.17, 15) is 0 Å². The summed E-state index contributed by atoms with van der Waals surface area (Å²) in [6.07, 6.45) is 3.91. The van der Waals surface area contributed by atoms with E-state index in [1.165, 1.54) is 50.1 Å². The van der Waals surface area contributed by atoms with Gasteiger partial charge in [-0.1, -0.05) is 28.9 Å². The molecule has 1 atom stereocenters. The minimum atomic E-state index is 0.548. The van der Waals surface area contributed by atoms with Crippen molar-refractivity contribution >= 4 is 21.6 Å². The molecule has 1 aromatic carbocycles. The Balaban J connectivity index is 1.89. The van der Waals surface area contributed by atoms with Gasteiger partial charge in [-0.15, -0.1) is 0 Å². The second-order valence-electron chi connectivity index (χ2n) is 6.07. The van der Waals surface area contributed by atoms with Gasteiger partial charge in [-0.2, -0.15) is 0 Å². The van der Waals surface area contributed by atoms with Crippen LogP contribution in [0.25, 0.3) is 0 Å². The Bertz CT molecular complexity index is 425. The monoisotopic (exact) mass is 338 g/mol. The first kappa shape index (κ1) is 15.8. The number of hydrogen-bond acceptors (Lipinski definition) is 2. The van der Waals surface area contributed by atoms with Crippen LogP contribution in [-0.4, -0.2) is 30.6 Å². The van der Waals surface area contributed by atoms with Crippen LogP contribution in [0.4, 0.5) is 5.69 Å². The van der Waals surface area contributed by atoms with Gasteiger partial charge in [-0.3, -0.25) is 0 Å². The molecule has 0 amide bonds. The Morgan fingerprint density at radius 2 is 2.05 bits per heavy atom. The number of piperidine rings is 1. The lowest BCUT2D eigenvalue weighted by molar-refractivity contribution is 0.176. The van der Waals surface area contributed by atoms with Crippen LogP contribution in [0.3, 0.4) is 0 Å². The minimum absolute atomic E-state index is 0.548. The van der Waals surface area contributed by atoms with Crippen LogP contribution in [0, 0.1) is 12.8 Å². The summed E-state index contributed by atoms with van der Waals surface area (Å²) in [6.45, 7) is 10.6. The first-order valence-corrected chi connectivity index (χ1v) is 8.64. The molecule has 0 aliphatic carbocycles. The van der Waals surface area contributed by atoms with Crippen molar-refractivity contribution in [2.24, 2.45) is 5.92 Å². The molecule has 0 radical (unpaired) electrons. The van der Waals surface area contributed by atoms with Crippen molar-refractivity contribution in [3.05, 3.63) is 28.2 Å². The number of rotatable bonds is 5. The third kappa shape index (κ3) is 4.23. The summed E-state index contributed by atoms with van der Waals surface area (Å²) in [6, 6.07) is 7.02. The third-order valence-corrected chi connectivity index (χ3v) is 4.96. The fourth-order valence-electron chi connectivity index (χ4n) is 3.11. The minimum Gasteiger partial charge on any atom is -0.382 e. The number of anilines is 1. The summed E-state index contributed by atoms with van der Waals surface area (Å²) >= 11 is 3.56. The highest BCUT2D eigenvalue weighted by Crippen LogP contribution is 2.26. The van der Waals surface area contributed by atoms with Crippen LogP contribution >= 0.6 is 15.9 Å². The van der Waals surface area contributed by atoms with Crippen molar-refractivity contribution in [2.75, 3.05) is 25.0 Å². The van der Waals surface area contributed by atoms with Crippen molar-refractivity contribution in [2.45, 2.75) is 46.1 Å². The molecule has 1 saturated heterocycles. The SMILES string of the molecule is CCCN1CCC(C(C)Nc2cc(Br)ccc2C)CC1. The van der Waals surface area contributed by atoms with Crippen molar-refractivity contribution in [1.29, 1.82) is 0 Å². The topological polar surface area (TPSA) is 15.3 Å². The molecule has 0 aromatic heterocycles. The number of nitrogens with zero attached hydrogens (tertiary/aromatic N) is 1. The zero-order valence-corrected chi connectivity index (χ0v) is 14.5. The third-order valence-electron chi connectivity index (χ3n) is 4.46. The molecular formula is C17H27BrN2. The Morgan fingerprint density at radius 3 is 2.70 bits per heavy atom. The lowest BCUT2D eigenvalue weighted by atomic mass is 9.90. The van der Waals surface area contributed by atoms with E-state index in [-0.39, 0.29) is 0 Å². The van der Waals surface area contributed by atoms with Gasteiger partial charge in [0.1, 0.15) is 0 Å². The highest BCUT2D eigenvalue weighted by molar-refractivity contribution is 9.10. The second kappa shape index (κ2) is 7.46. The van der Waals surface area contributed by atoms with Crippen molar-refractivity contribution in [3.8, 4) is 0 Å². The van der Waals surface area contributed by atoms with Gasteiger partial charge in [-0.05, 0) is 76.4 Å². The highest BCUT2D eigenvalue weighted by Gasteiger charge is 2.23. The van der Waals surface area contributed by atoms with Crippen molar-refractivity contribution in [3.63, 3.8) is 0 Å². The molecule has 0 spiro atoms. The van der Waals surface area contributed by atoms with E-state index in [0.29, 0.717) is 6.04 Å². The number of likely N-dealkylation sites (tertiary alicyclic amines) is 1. The molecule has 20 heavy (non-hydrogen) atoms. The summed E-state index contributed by atoms with van der Waals surface area (Å²) in [5.41, 5.74) is 2.59. The zero-order valence-electron chi connectivity index (χ0n) is 13.0. The van der Waals surface area contributed by atoms with Gasteiger partial charge in [0.05, 0.1) is 0 Å². The largest absolute Gasteiger partial charge is 0.382 e. The number of hydrogen-bond donors (Lipinski definition) is 1. The van der Waals surface area contributed by atoms with Crippen LogP contribution < -0.4 is 5.32 Å². The van der Waals surface area contributed by atoms with Crippen LogP contribution in [0.2, 0.25) is 0 Å². The summed E-state index contributed by atoms with van der Waals surface area (Å²) < 4.78 is 1.15. The molecule has 1 unspecified atom stereocenters. The predicted molar refractivity (Wildman–Crippen MR) is 91.4 cm³/mol. The molecule has 1 fully saturated rings. The number of aryl methyl sites for hydroxylation is 1. The maximum atomic E-state index is 3.72. The van der Waals surface area contributed by atoms with Gasteiger partial charge in [0.2, 0.25) is 0 Å². The van der Waals surface area contributed by atoms with Gasteiger partial charge in [0, 0.05) is 16.2 Å². The van der Waals surface area contributed by atoms with E-state index in [1.807, 2.05) is 0 Å². The highest BCUT2D eigenvalue weighted by atomic mass is 79.9. The molecule has 112 valence electrons. The molecule has 0 bridgehead atoms. The first-order valence-electron chi connectivity index (χ1n) is 7.85. The number of benzene rings is 1. The van der Waals surface area contributed by atoms with E-state index < -0.39 is 0 Å². The fraction of sp³-hybridized carbons (Fsp3) is 0.647. The first-order chi connectivity index (χ1) is 9.60. The standard InChI is InChI=1S/C17H27BrN2/c1-4-9-20-10-7-15(8-11-20)14(3)19-17-12-16(18)6-5-13(17)2/h5-6,12,14-15,19H,4,7-11H2,1-3H3. The van der Waals surface area contributed by atoms with Crippen LogP contribution in [0.1, 0.15) is 38.7 Å². The van der Waals surface area contributed by atoms with Crippen LogP contribution in [0.15, 0.2) is 22.7 Å². The molecule has 1 aliphatic rings. The van der Waals surface area contributed by atoms with Gasteiger partial charge in [0.15, 0.2) is 0 Å². The molecular weight excluding hydrogens is 312 g/mol. The number of halogens is 1. The molecule has 1 aliphatic heterocycles. The molecule has 2 rings (SSSR count). The van der Waals surface area contributed by atoms with Gasteiger partial charge >= 0.3 is 0 Å². The van der Waals surface area contributed by atoms with Crippen molar-refractivity contribution < 1.29 is 0 Å². The fourth-order valence-corrected chi connectivity index (χ4v) is 3.47. The zero-order chi connectivity index (χ0) is 14.5. The predicted octanol–water partition coefficient (Wildman–Crippen LogP) is 4.68. The van der Waals surface area contributed by atoms with Gasteiger partial charge in [0.25, 0.3) is 0 Å².